The quantitative estimate of drug-likeness (QED) is 0.386. The van der Waals surface area contributed by atoms with Gasteiger partial charge in [-0.25, -0.2) is 4.79 Å². The maximum atomic E-state index is 13.1. The Labute approximate surface area is 149 Å². The third-order valence-corrected chi connectivity index (χ3v) is 5.00. The van der Waals surface area contributed by atoms with E-state index in [2.05, 4.69) is 0 Å². The first kappa shape index (κ1) is 14.9. The predicted octanol–water partition coefficient (Wildman–Crippen LogP) is 4.15. The number of benzene rings is 3. The predicted molar refractivity (Wildman–Crippen MR) is 102 cm³/mol. The molecular weight excluding hydrogens is 326 g/mol. The summed E-state index contributed by atoms with van der Waals surface area (Å²) in [4.78, 5) is 27.2. The number of amides is 1. The lowest BCUT2D eigenvalue weighted by Crippen LogP contribution is -2.32. The van der Waals surface area contributed by atoms with E-state index in [1.165, 1.54) is 0 Å². The topological polar surface area (TPSA) is 50.5 Å². The van der Waals surface area contributed by atoms with Crippen LogP contribution in [0.3, 0.4) is 0 Å². The van der Waals surface area contributed by atoms with Gasteiger partial charge in [0.05, 0.1) is 0 Å². The smallest absolute Gasteiger partial charge is 0.349 e. The highest BCUT2D eigenvalue weighted by molar-refractivity contribution is 6.11. The van der Waals surface area contributed by atoms with E-state index in [4.69, 9.17) is 4.42 Å². The monoisotopic (exact) mass is 341 g/mol. The second-order valence-electron chi connectivity index (χ2n) is 6.48. The Hall–Kier alpha value is -3.40. The van der Waals surface area contributed by atoms with Crippen molar-refractivity contribution in [3.63, 3.8) is 0 Å². The summed E-state index contributed by atoms with van der Waals surface area (Å²) >= 11 is 0. The van der Waals surface area contributed by atoms with Crippen molar-refractivity contribution in [2.45, 2.75) is 6.42 Å². The van der Waals surface area contributed by atoms with Gasteiger partial charge >= 0.3 is 5.63 Å². The summed E-state index contributed by atoms with van der Waals surface area (Å²) in [5.41, 5.74) is 1.96. The van der Waals surface area contributed by atoms with Gasteiger partial charge < -0.3 is 9.32 Å². The van der Waals surface area contributed by atoms with Gasteiger partial charge in [-0.3, -0.25) is 4.79 Å². The zero-order chi connectivity index (χ0) is 17.7. The normalized spacial score (nSPS) is 13.3. The number of anilines is 1. The summed E-state index contributed by atoms with van der Waals surface area (Å²) in [5.74, 6) is -0.307. The van der Waals surface area contributed by atoms with Gasteiger partial charge in [-0.2, -0.15) is 0 Å². The lowest BCUT2D eigenvalue weighted by molar-refractivity contribution is 0.0986. The molecule has 4 heteroatoms. The second-order valence-corrected chi connectivity index (χ2v) is 6.48. The van der Waals surface area contributed by atoms with Crippen LogP contribution < -0.4 is 10.5 Å². The van der Waals surface area contributed by atoms with Gasteiger partial charge in [0.25, 0.3) is 5.91 Å². The Bertz CT molecular complexity index is 1240. The van der Waals surface area contributed by atoms with Crippen LogP contribution in [-0.4, -0.2) is 12.5 Å². The first-order valence-corrected chi connectivity index (χ1v) is 8.58. The van der Waals surface area contributed by atoms with Gasteiger partial charge in [0.1, 0.15) is 11.1 Å². The van der Waals surface area contributed by atoms with Crippen molar-refractivity contribution in [2.24, 2.45) is 0 Å². The summed E-state index contributed by atoms with van der Waals surface area (Å²) in [6.07, 6.45) is 0.795. The molecule has 3 aromatic carbocycles. The van der Waals surface area contributed by atoms with Crippen LogP contribution in [-0.2, 0) is 6.42 Å². The van der Waals surface area contributed by atoms with Crippen LogP contribution in [0.25, 0.3) is 21.7 Å². The summed E-state index contributed by atoms with van der Waals surface area (Å²) in [7, 11) is 0. The molecule has 0 N–H and O–H groups in total. The van der Waals surface area contributed by atoms with Crippen LogP contribution >= 0.6 is 0 Å². The van der Waals surface area contributed by atoms with Crippen molar-refractivity contribution in [1.82, 2.24) is 0 Å². The molecule has 0 atom stereocenters. The fourth-order valence-corrected chi connectivity index (χ4v) is 3.72. The largest absolute Gasteiger partial charge is 0.422 e. The maximum absolute atomic E-state index is 13.1. The SMILES string of the molecule is O=C(c1cc2c(ccc3ccccc32)oc1=O)N1CCc2ccccc21. The van der Waals surface area contributed by atoms with Gasteiger partial charge in [0.2, 0.25) is 0 Å². The van der Waals surface area contributed by atoms with Crippen LogP contribution in [0.15, 0.2) is 75.9 Å². The molecule has 0 bridgehead atoms. The van der Waals surface area contributed by atoms with Crippen LogP contribution in [0.5, 0.6) is 0 Å². The second kappa shape index (κ2) is 5.56. The third-order valence-electron chi connectivity index (χ3n) is 5.00. The van der Waals surface area contributed by atoms with Crippen LogP contribution in [0.1, 0.15) is 15.9 Å². The fourth-order valence-electron chi connectivity index (χ4n) is 3.72. The first-order valence-electron chi connectivity index (χ1n) is 8.58. The zero-order valence-electron chi connectivity index (χ0n) is 13.9. The molecule has 126 valence electrons. The van der Waals surface area contributed by atoms with E-state index in [1.807, 2.05) is 54.6 Å². The molecule has 26 heavy (non-hydrogen) atoms. The van der Waals surface area contributed by atoms with Gasteiger partial charge in [-0.05, 0) is 41.0 Å². The molecule has 0 unspecified atom stereocenters. The van der Waals surface area contributed by atoms with Gasteiger partial charge in [-0.1, -0.05) is 48.5 Å². The molecule has 0 radical (unpaired) electrons. The Kier molecular flexibility index (Phi) is 3.19. The highest BCUT2D eigenvalue weighted by atomic mass is 16.4. The molecule has 1 aliphatic heterocycles. The van der Waals surface area contributed by atoms with Crippen molar-refractivity contribution in [3.05, 3.63) is 88.3 Å². The molecular formula is C22H15NO3. The summed E-state index contributed by atoms with van der Waals surface area (Å²) in [6.45, 7) is 0.575. The average Bonchev–Trinajstić information content (AvgIpc) is 3.11. The molecule has 1 amide bonds. The van der Waals surface area contributed by atoms with E-state index in [0.29, 0.717) is 12.1 Å². The molecule has 2 heterocycles. The summed E-state index contributed by atoms with van der Waals surface area (Å²) < 4.78 is 5.47. The lowest BCUT2D eigenvalue weighted by atomic mass is 10.0. The van der Waals surface area contributed by atoms with E-state index < -0.39 is 5.63 Å². The summed E-state index contributed by atoms with van der Waals surface area (Å²) in [5, 5.41) is 2.78. The van der Waals surface area contributed by atoms with Crippen molar-refractivity contribution in [2.75, 3.05) is 11.4 Å². The highest BCUT2D eigenvalue weighted by Crippen LogP contribution is 2.30. The van der Waals surface area contributed by atoms with Gasteiger partial charge in [-0.15, -0.1) is 0 Å². The number of para-hydroxylation sites is 1. The number of hydrogen-bond acceptors (Lipinski definition) is 3. The number of rotatable bonds is 1. The highest BCUT2D eigenvalue weighted by Gasteiger charge is 2.27. The van der Waals surface area contributed by atoms with Crippen LogP contribution in [0.2, 0.25) is 0 Å². The van der Waals surface area contributed by atoms with Crippen LogP contribution in [0, 0.1) is 0 Å². The molecule has 0 fully saturated rings. The van der Waals surface area contributed by atoms with Crippen molar-refractivity contribution in [3.8, 4) is 0 Å². The van der Waals surface area contributed by atoms with E-state index in [-0.39, 0.29) is 11.5 Å². The van der Waals surface area contributed by atoms with Crippen molar-refractivity contribution >= 4 is 33.3 Å². The van der Waals surface area contributed by atoms with Crippen molar-refractivity contribution in [1.29, 1.82) is 0 Å². The minimum Gasteiger partial charge on any atom is -0.422 e. The van der Waals surface area contributed by atoms with E-state index in [1.54, 1.807) is 17.0 Å². The van der Waals surface area contributed by atoms with Crippen molar-refractivity contribution < 1.29 is 9.21 Å². The Morgan fingerprint density at radius 1 is 0.923 bits per heavy atom. The molecule has 0 saturated heterocycles. The van der Waals surface area contributed by atoms with Gasteiger partial charge in [0, 0.05) is 17.6 Å². The van der Waals surface area contributed by atoms with Crippen LogP contribution in [0.4, 0.5) is 5.69 Å². The molecule has 5 rings (SSSR count). The molecule has 1 aromatic heterocycles. The molecule has 0 aliphatic carbocycles. The third kappa shape index (κ3) is 2.15. The molecule has 0 spiro atoms. The zero-order valence-corrected chi connectivity index (χ0v) is 13.9. The standard InChI is InChI=1S/C22H15NO3/c24-21(23-12-11-15-6-2-4-8-19(15)23)18-13-17-16-7-3-1-5-14(16)9-10-20(17)26-22(18)25/h1-10,13H,11-12H2. The molecule has 4 nitrogen and oxygen atoms in total. The fraction of sp³-hybridized carbons (Fsp3) is 0.0909. The first-order chi connectivity index (χ1) is 12.7. The number of fused-ring (bicyclic) bond motifs is 4. The molecule has 1 aliphatic rings. The number of carbonyl (C=O) groups is 1. The Morgan fingerprint density at radius 3 is 2.65 bits per heavy atom. The Balaban J connectivity index is 1.69. The minimum atomic E-state index is -0.595. The maximum Gasteiger partial charge on any atom is 0.349 e. The lowest BCUT2D eigenvalue weighted by Gasteiger charge is -2.17. The van der Waals surface area contributed by atoms with E-state index in [9.17, 15) is 9.59 Å². The summed E-state index contributed by atoms with van der Waals surface area (Å²) in [6, 6.07) is 21.0. The van der Waals surface area contributed by atoms with E-state index in [0.717, 1.165) is 33.8 Å². The number of carbonyl (C=O) groups excluding carboxylic acids is 1. The number of nitrogens with zero attached hydrogens (tertiary/aromatic N) is 1. The van der Waals surface area contributed by atoms with E-state index >= 15 is 0 Å². The molecule has 4 aromatic rings. The number of hydrogen-bond donors (Lipinski definition) is 0. The van der Waals surface area contributed by atoms with Gasteiger partial charge in [0.15, 0.2) is 0 Å². The Morgan fingerprint density at radius 2 is 1.73 bits per heavy atom. The minimum absolute atomic E-state index is 0.0746. The average molecular weight is 341 g/mol. The molecule has 0 saturated carbocycles.